The summed E-state index contributed by atoms with van der Waals surface area (Å²) in [4.78, 5) is 87.8. The van der Waals surface area contributed by atoms with Gasteiger partial charge >= 0.3 is 5.97 Å². The fraction of sp³-hybridized carbons (Fsp3) is 0.500. The number of fused-ring (bicyclic) bond motifs is 3. The van der Waals surface area contributed by atoms with Gasteiger partial charge in [-0.3, -0.25) is 14.4 Å². The number of anilines is 8. The Morgan fingerprint density at radius 2 is 0.987 bits per heavy atom. The van der Waals surface area contributed by atoms with Gasteiger partial charge in [0.05, 0.1) is 54.7 Å². The molecule has 410 valence electrons. The number of nitrogens with one attached hydrogen (secondary N) is 1. The van der Waals surface area contributed by atoms with Crippen LogP contribution in [0.25, 0.3) is 0 Å². The maximum atomic E-state index is 13.1. The molecule has 3 aliphatic carbocycles. The monoisotopic (exact) mass is 1090 g/mol. The Morgan fingerprint density at radius 3 is 1.34 bits per heavy atom. The number of benzene rings is 1. The second-order valence-electron chi connectivity index (χ2n) is 20.6. The van der Waals surface area contributed by atoms with Crippen molar-refractivity contribution >= 4 is 93.0 Å². The Balaban J connectivity index is 0.000000158. The summed E-state index contributed by atoms with van der Waals surface area (Å²) < 4.78 is 5.36. The van der Waals surface area contributed by atoms with E-state index < -0.39 is 5.97 Å². The first-order valence-corrected chi connectivity index (χ1v) is 27.5. The van der Waals surface area contributed by atoms with E-state index in [1.54, 1.807) is 66.6 Å². The molecule has 2 N–H and O–H groups in total. The zero-order chi connectivity index (χ0) is 54.9. The highest BCUT2D eigenvalue weighted by molar-refractivity contribution is 6.28. The van der Waals surface area contributed by atoms with E-state index in [2.05, 4.69) is 64.7 Å². The molecular formula is C56H71Cl2N13O6. The van der Waals surface area contributed by atoms with Crippen molar-refractivity contribution in [2.45, 2.75) is 114 Å². The largest absolute Gasteiger partial charge is 0.495 e. The Labute approximate surface area is 461 Å². The number of hydrogen-bond donors (Lipinski definition) is 2. The first kappa shape index (κ1) is 56.3. The van der Waals surface area contributed by atoms with Gasteiger partial charge in [-0.2, -0.15) is 15.0 Å². The fourth-order valence-corrected chi connectivity index (χ4v) is 11.9. The van der Waals surface area contributed by atoms with Crippen LogP contribution in [0.15, 0.2) is 74.8 Å². The van der Waals surface area contributed by atoms with E-state index in [4.69, 9.17) is 32.9 Å². The van der Waals surface area contributed by atoms with Gasteiger partial charge in [-0.15, -0.1) is 19.7 Å². The number of rotatable bonds is 13. The highest BCUT2D eigenvalue weighted by atomic mass is 35.5. The number of nitrogens with zero attached hydrogens (tertiary/aromatic N) is 12. The first-order valence-electron chi connectivity index (χ1n) is 26.7. The molecule has 4 aromatic rings. The van der Waals surface area contributed by atoms with Gasteiger partial charge in [0.1, 0.15) is 22.8 Å². The number of halogens is 2. The van der Waals surface area contributed by atoms with Crippen LogP contribution < -0.4 is 39.5 Å². The molecule has 77 heavy (non-hydrogen) atoms. The molecular weight excluding hydrogens is 1020 g/mol. The van der Waals surface area contributed by atoms with Gasteiger partial charge < -0.3 is 44.6 Å². The van der Waals surface area contributed by atoms with Crippen molar-refractivity contribution in [2.24, 2.45) is 17.8 Å². The molecule has 3 atom stereocenters. The third kappa shape index (κ3) is 12.6. The predicted molar refractivity (Wildman–Crippen MR) is 303 cm³/mol. The summed E-state index contributed by atoms with van der Waals surface area (Å²) in [6.45, 7) is 13.3. The molecule has 3 aromatic heterocycles. The molecule has 6 aliphatic rings. The summed E-state index contributed by atoms with van der Waals surface area (Å²) in [5.74, 6) is 1.81. The number of carbonyl (C=O) groups is 4. The maximum absolute atomic E-state index is 13.1. The van der Waals surface area contributed by atoms with Crippen LogP contribution in [0.4, 0.5) is 46.2 Å². The minimum Gasteiger partial charge on any atom is -0.495 e. The number of methoxy groups -OCH3 is 1. The van der Waals surface area contributed by atoms with Crippen LogP contribution >= 0.6 is 23.2 Å². The number of carboxylic acid groups (broad SMARTS) is 1. The molecule has 21 heteroatoms. The molecule has 0 spiro atoms. The smallest absolute Gasteiger partial charge is 0.335 e. The quantitative estimate of drug-likeness (QED) is 0.0943. The highest BCUT2D eigenvalue weighted by Gasteiger charge is 2.39. The lowest BCUT2D eigenvalue weighted by atomic mass is 10.0. The van der Waals surface area contributed by atoms with Gasteiger partial charge in [-0.1, -0.05) is 56.8 Å². The third-order valence-corrected chi connectivity index (χ3v) is 16.1. The first-order chi connectivity index (χ1) is 37.1. The second kappa shape index (κ2) is 25.5. The molecule has 1 unspecified atom stereocenters. The summed E-state index contributed by atoms with van der Waals surface area (Å²) in [6, 6.07) is 5.75. The number of hydrogen-bond acceptors (Lipinski definition) is 15. The number of carboxylic acids is 1. The number of allylic oxidation sites excluding steroid dienone is 3. The lowest BCUT2D eigenvalue weighted by Crippen LogP contribution is -2.39. The Kier molecular flexibility index (Phi) is 18.7. The van der Waals surface area contributed by atoms with E-state index in [0.29, 0.717) is 80.1 Å². The van der Waals surface area contributed by atoms with E-state index in [1.807, 2.05) is 12.2 Å². The second-order valence-corrected chi connectivity index (χ2v) is 21.2. The van der Waals surface area contributed by atoms with Crippen molar-refractivity contribution in [3.8, 4) is 5.75 Å². The van der Waals surface area contributed by atoms with Gasteiger partial charge in [0.15, 0.2) is 17.5 Å². The molecule has 3 fully saturated rings. The Morgan fingerprint density at radius 1 is 0.623 bits per heavy atom. The van der Waals surface area contributed by atoms with Crippen LogP contribution in [0.2, 0.25) is 10.6 Å². The normalized spacial score (nSPS) is 20.9. The molecule has 3 saturated carbocycles. The van der Waals surface area contributed by atoms with Crippen molar-refractivity contribution < 1.29 is 29.0 Å². The van der Waals surface area contributed by atoms with Crippen molar-refractivity contribution in [2.75, 3.05) is 82.6 Å². The van der Waals surface area contributed by atoms with Crippen molar-refractivity contribution in [3.05, 3.63) is 90.9 Å². The predicted octanol–water partition coefficient (Wildman–Crippen LogP) is 9.94. The summed E-state index contributed by atoms with van der Waals surface area (Å²) >= 11 is 12.0. The van der Waals surface area contributed by atoms with E-state index in [9.17, 15) is 24.3 Å². The molecule has 1 aromatic carbocycles. The average molecular weight is 1090 g/mol. The number of aromatic nitrogens is 6. The maximum Gasteiger partial charge on any atom is 0.335 e. The van der Waals surface area contributed by atoms with E-state index in [-0.39, 0.29) is 51.6 Å². The molecule has 0 bridgehead atoms. The van der Waals surface area contributed by atoms with Gasteiger partial charge in [-0.05, 0) is 99.2 Å². The van der Waals surface area contributed by atoms with Gasteiger partial charge in [0.25, 0.3) is 0 Å². The van der Waals surface area contributed by atoms with E-state index >= 15 is 0 Å². The molecule has 6 heterocycles. The standard InChI is InChI=1S/C24H29N5O4.2C16H21ClN4O/c1-4-7-16-14-29(17-8-5-6-9-17)21-19(28(2)22(16)30)13-25-24(27-21)26-18-11-10-15(23(31)32)12-20(18)33-3;2*1-3-6-11-10-21(12-7-4-5-8-12)14-13(20(2)15(11)22)9-18-16(17)19-14/h4,10-13,16-17H,1,5-9,14H2,2-3H3,(H,31,32)(H,25,26,27);2*3,9,11-12H,1,4-8,10H2,2H3/t16-;11-;/m00./s1. The SMILES string of the molecule is C=CCC1CN(C2CCCC2)c2nc(Cl)ncc2N(C)C1=O.C=CC[C@H]1CN(C2CCCC2)c2nc(Cl)ncc2N(C)C1=O.C=CC[C@H]1CN(C2CCCC2)c2nc(Nc3ccc(C(=O)O)cc3OC)ncc2N(C)C1=O. The van der Waals surface area contributed by atoms with Gasteiger partial charge in [0.2, 0.25) is 34.2 Å². The van der Waals surface area contributed by atoms with Crippen LogP contribution in [0, 0.1) is 17.8 Å². The lowest BCUT2D eigenvalue weighted by molar-refractivity contribution is -0.122. The molecule has 3 amide bonds. The molecule has 3 aliphatic heterocycles. The van der Waals surface area contributed by atoms with Crippen LogP contribution in [0.1, 0.15) is 107 Å². The zero-order valence-corrected chi connectivity index (χ0v) is 46.1. The molecule has 0 radical (unpaired) electrons. The lowest BCUT2D eigenvalue weighted by Gasteiger charge is -2.31. The van der Waals surface area contributed by atoms with Gasteiger partial charge in [0, 0.05) is 58.9 Å². The Bertz CT molecular complexity index is 2720. The third-order valence-electron chi connectivity index (χ3n) is 15.7. The van der Waals surface area contributed by atoms with Crippen LogP contribution in [-0.4, -0.2) is 125 Å². The molecule has 19 nitrogen and oxygen atoms in total. The van der Waals surface area contributed by atoms with E-state index in [1.165, 1.54) is 44.9 Å². The Hall–Kier alpha value is -6.86. The summed E-state index contributed by atoms with van der Waals surface area (Å²) in [7, 11) is 6.81. The average Bonchev–Trinajstić information content (AvgIpc) is 4.27. The van der Waals surface area contributed by atoms with Crippen molar-refractivity contribution in [1.29, 1.82) is 0 Å². The van der Waals surface area contributed by atoms with E-state index in [0.717, 1.165) is 80.2 Å². The van der Waals surface area contributed by atoms with Crippen LogP contribution in [0.3, 0.4) is 0 Å². The van der Waals surface area contributed by atoms with Crippen molar-refractivity contribution in [1.82, 2.24) is 29.9 Å². The fourth-order valence-electron chi connectivity index (χ4n) is 11.6. The van der Waals surface area contributed by atoms with Crippen LogP contribution in [0.5, 0.6) is 5.75 Å². The number of aromatic carboxylic acids is 1. The van der Waals surface area contributed by atoms with Crippen LogP contribution in [-0.2, 0) is 14.4 Å². The van der Waals surface area contributed by atoms with Gasteiger partial charge in [-0.25, -0.2) is 19.7 Å². The minimum atomic E-state index is -1.03. The molecule has 10 rings (SSSR count). The number of carbonyl (C=O) groups excluding carboxylic acids is 3. The highest BCUT2D eigenvalue weighted by Crippen LogP contribution is 2.41. The zero-order valence-electron chi connectivity index (χ0n) is 44.6. The summed E-state index contributed by atoms with van der Waals surface area (Å²) in [5, 5.41) is 12.8. The van der Waals surface area contributed by atoms with Crippen molar-refractivity contribution in [3.63, 3.8) is 0 Å². The summed E-state index contributed by atoms with van der Waals surface area (Å²) in [5.41, 5.74) is 2.84. The summed E-state index contributed by atoms with van der Waals surface area (Å²) in [6.07, 6.45) is 26.3. The topological polar surface area (TPSA) is 207 Å². The minimum absolute atomic E-state index is 0.0342. The molecule has 0 saturated heterocycles. The number of ether oxygens (including phenoxy) is 1. The number of amides is 3.